The van der Waals surface area contributed by atoms with Gasteiger partial charge in [0.25, 0.3) is 0 Å². The number of rotatable bonds is 3. The predicted molar refractivity (Wildman–Crippen MR) is 96.8 cm³/mol. The Morgan fingerprint density at radius 1 is 1.19 bits per heavy atom. The van der Waals surface area contributed by atoms with Gasteiger partial charge in [-0.3, -0.25) is 0 Å². The highest BCUT2D eigenvalue weighted by Gasteiger charge is 2.27. The Labute approximate surface area is 153 Å². The van der Waals surface area contributed by atoms with Crippen LogP contribution in [-0.4, -0.2) is 35.7 Å². The molecule has 0 aromatic carbocycles. The second-order valence-corrected chi connectivity index (χ2v) is 6.49. The number of imidazole rings is 1. The first kappa shape index (κ1) is 17.2. The van der Waals surface area contributed by atoms with Gasteiger partial charge in [0.05, 0.1) is 12.9 Å². The van der Waals surface area contributed by atoms with Crippen LogP contribution in [0.25, 0.3) is 22.4 Å². The number of nitrogens with zero attached hydrogens (tertiary/aromatic N) is 6. The average Bonchev–Trinajstić information content (AvgIpc) is 3.04. The Morgan fingerprint density at radius 2 is 1.93 bits per heavy atom. The first-order valence-corrected chi connectivity index (χ1v) is 8.42. The summed E-state index contributed by atoms with van der Waals surface area (Å²) in [6.07, 6.45) is 6.07. The highest BCUT2D eigenvalue weighted by atomic mass is 19.1. The molecule has 27 heavy (non-hydrogen) atoms. The third kappa shape index (κ3) is 3.05. The fourth-order valence-electron chi connectivity index (χ4n) is 3.07. The van der Waals surface area contributed by atoms with Gasteiger partial charge in [0, 0.05) is 29.4 Å². The minimum absolute atomic E-state index is 0.0201. The molecule has 0 saturated heterocycles. The van der Waals surface area contributed by atoms with E-state index in [1.54, 1.807) is 30.8 Å². The van der Waals surface area contributed by atoms with Crippen molar-refractivity contribution in [3.05, 3.63) is 48.1 Å². The van der Waals surface area contributed by atoms with Gasteiger partial charge >= 0.3 is 0 Å². The van der Waals surface area contributed by atoms with E-state index < -0.39 is 12.0 Å². The van der Waals surface area contributed by atoms with Crippen LogP contribution in [0, 0.1) is 12.8 Å². The molecule has 3 heterocycles. The summed E-state index contributed by atoms with van der Waals surface area (Å²) in [5, 5.41) is 0. The lowest BCUT2D eigenvalue weighted by molar-refractivity contribution is 0.297. The zero-order valence-electron chi connectivity index (χ0n) is 14.8. The van der Waals surface area contributed by atoms with E-state index in [-0.39, 0.29) is 24.0 Å². The smallest absolute Gasteiger partial charge is 0.219 e. The van der Waals surface area contributed by atoms with Crippen molar-refractivity contribution in [3.63, 3.8) is 0 Å². The van der Waals surface area contributed by atoms with Gasteiger partial charge in [-0.05, 0) is 13.0 Å². The van der Waals surface area contributed by atoms with Crippen molar-refractivity contribution in [2.45, 2.75) is 26.6 Å². The maximum absolute atomic E-state index is 14.5. The van der Waals surface area contributed by atoms with Gasteiger partial charge in [-0.15, -0.1) is 0 Å². The van der Waals surface area contributed by atoms with Crippen molar-refractivity contribution in [1.82, 2.24) is 29.5 Å². The van der Waals surface area contributed by atoms with Crippen LogP contribution in [0.4, 0.5) is 14.7 Å². The highest BCUT2D eigenvalue weighted by Crippen LogP contribution is 2.30. The van der Waals surface area contributed by atoms with E-state index in [1.165, 1.54) is 18.5 Å². The van der Waals surface area contributed by atoms with Crippen LogP contribution < -0.4 is 5.73 Å². The van der Waals surface area contributed by atoms with E-state index in [2.05, 4.69) is 24.9 Å². The lowest BCUT2D eigenvalue weighted by Gasteiger charge is -2.21. The van der Waals surface area contributed by atoms with Gasteiger partial charge < -0.3 is 10.3 Å². The minimum Gasteiger partial charge on any atom is -0.368 e. The molecule has 0 fully saturated rings. The standard InChI is InChI=1S/C18H17F2N7/c1-9-3-4-13(19)12(14(9)20)7-27-8-24-16-15(25-10(2)26-17(16)27)11-5-22-18(21)23-6-11/h3-6,8-9,14H,7H2,1-2H3,(H2,21,22,23)/t9-,14?/m0/s1. The SMILES string of the molecule is Cc1nc(-c2cnc(N)nc2)c2ncn(CC3=C(F)C=C[C@H](C)C3F)c2n1. The molecule has 2 N–H and O–H groups in total. The molecule has 4 rings (SSSR count). The minimum atomic E-state index is -1.39. The molecule has 3 aromatic rings. The van der Waals surface area contributed by atoms with Crippen LogP contribution in [0.1, 0.15) is 12.7 Å². The fraction of sp³-hybridized carbons (Fsp3) is 0.278. The van der Waals surface area contributed by atoms with Gasteiger partial charge in [0.15, 0.2) is 5.65 Å². The van der Waals surface area contributed by atoms with Crippen LogP contribution in [0.5, 0.6) is 0 Å². The van der Waals surface area contributed by atoms with Gasteiger partial charge in [0.1, 0.15) is 29.0 Å². The van der Waals surface area contributed by atoms with E-state index in [1.807, 2.05) is 0 Å². The predicted octanol–water partition coefficient (Wildman–Crippen LogP) is 2.94. The summed E-state index contributed by atoms with van der Waals surface area (Å²) in [5.41, 5.74) is 7.79. The number of hydrogen-bond acceptors (Lipinski definition) is 6. The molecule has 2 atom stereocenters. The van der Waals surface area contributed by atoms with E-state index in [9.17, 15) is 8.78 Å². The zero-order valence-corrected chi connectivity index (χ0v) is 14.8. The number of nitrogen functional groups attached to an aromatic ring is 1. The third-order valence-electron chi connectivity index (χ3n) is 4.51. The number of hydrogen-bond donors (Lipinski definition) is 1. The number of alkyl halides is 1. The first-order chi connectivity index (χ1) is 12.9. The molecule has 0 saturated carbocycles. The van der Waals surface area contributed by atoms with Crippen LogP contribution in [0.15, 0.2) is 42.3 Å². The molecule has 3 aromatic heterocycles. The molecule has 138 valence electrons. The maximum atomic E-state index is 14.5. The van der Waals surface area contributed by atoms with Gasteiger partial charge in [-0.25, -0.2) is 33.7 Å². The molecule has 9 heteroatoms. The number of allylic oxidation sites excluding steroid dienone is 4. The first-order valence-electron chi connectivity index (χ1n) is 8.42. The van der Waals surface area contributed by atoms with Crippen LogP contribution in [0.2, 0.25) is 0 Å². The summed E-state index contributed by atoms with van der Waals surface area (Å²) in [6, 6.07) is 0. The fourth-order valence-corrected chi connectivity index (χ4v) is 3.07. The molecule has 0 spiro atoms. The number of fused-ring (bicyclic) bond motifs is 1. The second-order valence-electron chi connectivity index (χ2n) is 6.49. The molecular formula is C18H17F2N7. The summed E-state index contributed by atoms with van der Waals surface area (Å²) in [4.78, 5) is 21.2. The number of anilines is 1. The van der Waals surface area contributed by atoms with E-state index in [4.69, 9.17) is 5.73 Å². The van der Waals surface area contributed by atoms with Crippen LogP contribution in [-0.2, 0) is 6.54 Å². The molecule has 0 amide bonds. The molecule has 0 radical (unpaired) electrons. The Morgan fingerprint density at radius 3 is 2.67 bits per heavy atom. The van der Waals surface area contributed by atoms with Gasteiger partial charge in [-0.1, -0.05) is 13.0 Å². The Kier molecular flexibility index (Phi) is 4.14. The second kappa shape index (κ2) is 6.49. The molecule has 1 aliphatic rings. The maximum Gasteiger partial charge on any atom is 0.219 e. The largest absolute Gasteiger partial charge is 0.368 e. The van der Waals surface area contributed by atoms with Gasteiger partial charge in [-0.2, -0.15) is 0 Å². The normalized spacial score (nSPS) is 19.9. The Bertz CT molecular complexity index is 1070. The van der Waals surface area contributed by atoms with Crippen molar-refractivity contribution in [2.24, 2.45) is 5.92 Å². The monoisotopic (exact) mass is 369 g/mol. The zero-order chi connectivity index (χ0) is 19.1. The number of aryl methyl sites for hydroxylation is 1. The summed E-state index contributed by atoms with van der Waals surface area (Å²) < 4.78 is 30.3. The number of aromatic nitrogens is 6. The molecule has 0 bridgehead atoms. The number of nitrogens with two attached hydrogens (primary N) is 1. The molecule has 0 aliphatic heterocycles. The summed E-state index contributed by atoms with van der Waals surface area (Å²) in [5.74, 6) is -0.282. The van der Waals surface area contributed by atoms with Crippen LogP contribution in [0.3, 0.4) is 0 Å². The summed E-state index contributed by atoms with van der Waals surface area (Å²) >= 11 is 0. The Hall–Kier alpha value is -3.23. The Balaban J connectivity index is 1.80. The molecule has 1 aliphatic carbocycles. The quantitative estimate of drug-likeness (QED) is 0.763. The van der Waals surface area contributed by atoms with Crippen molar-refractivity contribution in [1.29, 1.82) is 0 Å². The lowest BCUT2D eigenvalue weighted by atomic mass is 9.93. The van der Waals surface area contributed by atoms with Crippen LogP contribution >= 0.6 is 0 Å². The van der Waals surface area contributed by atoms with Crippen molar-refractivity contribution in [3.8, 4) is 11.3 Å². The molecule has 1 unspecified atom stereocenters. The van der Waals surface area contributed by atoms with Crippen molar-refractivity contribution >= 4 is 17.1 Å². The average molecular weight is 369 g/mol. The molecular weight excluding hydrogens is 352 g/mol. The topological polar surface area (TPSA) is 95.4 Å². The molecule has 7 nitrogen and oxygen atoms in total. The lowest BCUT2D eigenvalue weighted by Crippen LogP contribution is -2.21. The summed E-state index contributed by atoms with van der Waals surface area (Å²) in [6.45, 7) is 3.47. The van der Waals surface area contributed by atoms with E-state index >= 15 is 0 Å². The van der Waals surface area contributed by atoms with Gasteiger partial charge in [0.2, 0.25) is 5.95 Å². The highest BCUT2D eigenvalue weighted by molar-refractivity contribution is 5.87. The third-order valence-corrected chi connectivity index (χ3v) is 4.51. The summed E-state index contributed by atoms with van der Waals surface area (Å²) in [7, 11) is 0. The van der Waals surface area contributed by atoms with Crippen molar-refractivity contribution < 1.29 is 8.78 Å². The van der Waals surface area contributed by atoms with Crippen molar-refractivity contribution in [2.75, 3.05) is 5.73 Å². The van der Waals surface area contributed by atoms with E-state index in [0.717, 1.165) is 0 Å². The number of halogens is 2. The van der Waals surface area contributed by atoms with E-state index in [0.29, 0.717) is 28.2 Å².